The summed E-state index contributed by atoms with van der Waals surface area (Å²) in [6, 6.07) is 11.2. The molecule has 0 unspecified atom stereocenters. The number of hydrogen-bond acceptors (Lipinski definition) is 8. The van der Waals surface area contributed by atoms with Crippen molar-refractivity contribution in [3.05, 3.63) is 68.3 Å². The SMILES string of the molecule is COc1ccc(/C=C/c2nnc(N/N=C/c3cccs3)n(N)c2=O)cc1. The minimum absolute atomic E-state index is 0.0457. The number of aromatic nitrogens is 3. The number of methoxy groups -OCH3 is 1. The topological polar surface area (TPSA) is 107 Å². The summed E-state index contributed by atoms with van der Waals surface area (Å²) in [4.78, 5) is 13.2. The van der Waals surface area contributed by atoms with Gasteiger partial charge >= 0.3 is 0 Å². The predicted molar refractivity (Wildman–Crippen MR) is 104 cm³/mol. The molecule has 3 N–H and O–H groups in total. The van der Waals surface area contributed by atoms with E-state index in [0.717, 1.165) is 20.9 Å². The van der Waals surface area contributed by atoms with Gasteiger partial charge in [-0.05, 0) is 35.2 Å². The summed E-state index contributed by atoms with van der Waals surface area (Å²) >= 11 is 1.53. The summed E-state index contributed by atoms with van der Waals surface area (Å²) in [6.07, 6.45) is 4.90. The van der Waals surface area contributed by atoms with Gasteiger partial charge in [-0.1, -0.05) is 24.3 Å². The highest BCUT2D eigenvalue weighted by molar-refractivity contribution is 7.11. The van der Waals surface area contributed by atoms with Crippen LogP contribution in [0, 0.1) is 0 Å². The molecule has 0 bridgehead atoms. The minimum Gasteiger partial charge on any atom is -0.497 e. The molecule has 0 aliphatic heterocycles. The lowest BCUT2D eigenvalue weighted by Gasteiger charge is -2.04. The van der Waals surface area contributed by atoms with Crippen LogP contribution >= 0.6 is 11.3 Å². The molecule has 2 aromatic heterocycles. The smallest absolute Gasteiger partial charge is 0.299 e. The number of rotatable bonds is 6. The van der Waals surface area contributed by atoms with Crippen LogP contribution in [0.2, 0.25) is 0 Å². The number of benzene rings is 1. The molecule has 0 spiro atoms. The van der Waals surface area contributed by atoms with Crippen molar-refractivity contribution >= 4 is 35.7 Å². The largest absolute Gasteiger partial charge is 0.497 e. The van der Waals surface area contributed by atoms with Gasteiger partial charge in [-0.25, -0.2) is 5.43 Å². The molecule has 3 rings (SSSR count). The lowest BCUT2D eigenvalue weighted by molar-refractivity contribution is 0.415. The highest BCUT2D eigenvalue weighted by atomic mass is 32.1. The third kappa shape index (κ3) is 4.14. The Morgan fingerprint density at radius 3 is 2.73 bits per heavy atom. The first kappa shape index (κ1) is 17.4. The van der Waals surface area contributed by atoms with E-state index < -0.39 is 5.56 Å². The molecule has 132 valence electrons. The van der Waals surface area contributed by atoms with Gasteiger partial charge in [0, 0.05) is 4.88 Å². The van der Waals surface area contributed by atoms with Crippen molar-refractivity contribution in [1.82, 2.24) is 14.9 Å². The summed E-state index contributed by atoms with van der Waals surface area (Å²) < 4.78 is 5.97. The summed E-state index contributed by atoms with van der Waals surface area (Å²) in [6.45, 7) is 0. The minimum atomic E-state index is -0.487. The third-order valence-electron chi connectivity index (χ3n) is 3.37. The monoisotopic (exact) mass is 368 g/mol. The van der Waals surface area contributed by atoms with E-state index in [2.05, 4.69) is 20.7 Å². The lowest BCUT2D eigenvalue weighted by atomic mass is 10.2. The predicted octanol–water partition coefficient (Wildman–Crippen LogP) is 2.04. The summed E-state index contributed by atoms with van der Waals surface area (Å²) in [5.74, 6) is 6.57. The Labute approximate surface area is 153 Å². The van der Waals surface area contributed by atoms with E-state index in [9.17, 15) is 4.79 Å². The maximum atomic E-state index is 12.3. The number of nitrogens with zero attached hydrogens (tertiary/aromatic N) is 4. The molecule has 0 atom stereocenters. The average molecular weight is 368 g/mol. The van der Waals surface area contributed by atoms with E-state index >= 15 is 0 Å². The van der Waals surface area contributed by atoms with Gasteiger partial charge in [0.25, 0.3) is 11.5 Å². The van der Waals surface area contributed by atoms with Crippen LogP contribution in [-0.4, -0.2) is 28.2 Å². The van der Waals surface area contributed by atoms with Gasteiger partial charge in [0.05, 0.1) is 13.3 Å². The van der Waals surface area contributed by atoms with Crippen molar-refractivity contribution in [2.75, 3.05) is 18.4 Å². The normalized spacial score (nSPS) is 11.3. The molecule has 8 nitrogen and oxygen atoms in total. The Morgan fingerprint density at radius 2 is 2.04 bits per heavy atom. The van der Waals surface area contributed by atoms with Crippen molar-refractivity contribution in [3.8, 4) is 5.75 Å². The zero-order valence-corrected chi connectivity index (χ0v) is 14.7. The molecule has 9 heteroatoms. The van der Waals surface area contributed by atoms with Crippen molar-refractivity contribution in [1.29, 1.82) is 0 Å². The van der Waals surface area contributed by atoms with Crippen LogP contribution in [0.3, 0.4) is 0 Å². The second-order valence-corrected chi connectivity index (χ2v) is 6.06. The number of nitrogen functional groups attached to an aromatic ring is 1. The first-order valence-corrected chi connectivity index (χ1v) is 8.45. The molecule has 1 aromatic carbocycles. The zero-order valence-electron chi connectivity index (χ0n) is 13.9. The quantitative estimate of drug-likeness (QED) is 0.392. The first-order chi connectivity index (χ1) is 12.7. The van der Waals surface area contributed by atoms with Gasteiger partial charge in [-0.15, -0.1) is 21.5 Å². The number of hydrazone groups is 1. The third-order valence-corrected chi connectivity index (χ3v) is 4.17. The van der Waals surface area contributed by atoms with Gasteiger partial charge in [-0.3, -0.25) is 4.79 Å². The molecule has 0 radical (unpaired) electrons. The fraction of sp³-hybridized carbons (Fsp3) is 0.0588. The van der Waals surface area contributed by atoms with E-state index in [1.807, 2.05) is 41.8 Å². The Balaban J connectivity index is 1.74. The number of hydrogen-bond donors (Lipinski definition) is 2. The Morgan fingerprint density at radius 1 is 1.23 bits per heavy atom. The average Bonchev–Trinajstić information content (AvgIpc) is 3.18. The number of anilines is 1. The fourth-order valence-corrected chi connectivity index (χ4v) is 2.59. The van der Waals surface area contributed by atoms with Gasteiger partial charge in [-0.2, -0.15) is 9.78 Å². The second kappa shape index (κ2) is 8.08. The van der Waals surface area contributed by atoms with Crippen LogP contribution < -0.4 is 21.6 Å². The Hall–Kier alpha value is -3.46. The van der Waals surface area contributed by atoms with Crippen molar-refractivity contribution in [2.24, 2.45) is 5.10 Å². The van der Waals surface area contributed by atoms with Gasteiger partial charge in [0.2, 0.25) is 0 Å². The molecule has 3 aromatic rings. The molecular weight excluding hydrogens is 352 g/mol. The molecule has 0 fully saturated rings. The fourth-order valence-electron chi connectivity index (χ4n) is 2.00. The zero-order chi connectivity index (χ0) is 18.4. The van der Waals surface area contributed by atoms with E-state index in [0.29, 0.717) is 0 Å². The van der Waals surface area contributed by atoms with Gasteiger partial charge in [0.1, 0.15) is 5.75 Å². The van der Waals surface area contributed by atoms with Crippen LogP contribution in [0.1, 0.15) is 16.1 Å². The molecule has 2 heterocycles. The Bertz CT molecular complexity index is 977. The van der Waals surface area contributed by atoms with E-state index in [1.165, 1.54) is 11.3 Å². The van der Waals surface area contributed by atoms with Gasteiger partial charge < -0.3 is 10.6 Å². The number of nitrogens with one attached hydrogen (secondary N) is 1. The van der Waals surface area contributed by atoms with Gasteiger partial charge in [0.15, 0.2) is 5.69 Å². The van der Waals surface area contributed by atoms with Crippen LogP contribution in [0.25, 0.3) is 12.2 Å². The highest BCUT2D eigenvalue weighted by Crippen LogP contribution is 2.13. The maximum absolute atomic E-state index is 12.3. The van der Waals surface area contributed by atoms with E-state index in [4.69, 9.17) is 10.6 Å². The van der Waals surface area contributed by atoms with Crippen molar-refractivity contribution in [3.63, 3.8) is 0 Å². The molecule has 26 heavy (non-hydrogen) atoms. The van der Waals surface area contributed by atoms with Crippen molar-refractivity contribution < 1.29 is 4.74 Å². The molecular formula is C17H16N6O2S. The lowest BCUT2D eigenvalue weighted by Crippen LogP contribution is -2.32. The maximum Gasteiger partial charge on any atom is 0.299 e. The highest BCUT2D eigenvalue weighted by Gasteiger charge is 2.07. The van der Waals surface area contributed by atoms with Crippen LogP contribution in [0.4, 0.5) is 5.95 Å². The second-order valence-electron chi connectivity index (χ2n) is 5.08. The van der Waals surface area contributed by atoms with Crippen molar-refractivity contribution in [2.45, 2.75) is 0 Å². The number of thiophene rings is 1. The molecule has 0 amide bonds. The summed E-state index contributed by atoms with van der Waals surface area (Å²) in [5.41, 5.74) is 3.13. The van der Waals surface area contributed by atoms with E-state index in [1.54, 1.807) is 25.5 Å². The number of nitrogens with two attached hydrogens (primary N) is 1. The molecule has 0 aliphatic carbocycles. The molecule has 0 aliphatic rings. The standard InChI is InChI=1S/C17H16N6O2S/c1-25-13-7-4-12(5-8-13)6-9-15-16(24)23(18)17(22-20-15)21-19-11-14-3-2-10-26-14/h2-11H,18H2,1H3,(H,21,22)/b9-6+,19-11+. The Kier molecular flexibility index (Phi) is 5.40. The summed E-state index contributed by atoms with van der Waals surface area (Å²) in [5, 5.41) is 13.7. The first-order valence-electron chi connectivity index (χ1n) is 7.57. The van der Waals surface area contributed by atoms with Crippen LogP contribution in [-0.2, 0) is 0 Å². The van der Waals surface area contributed by atoms with Crippen LogP contribution in [0.15, 0.2) is 51.7 Å². The summed E-state index contributed by atoms with van der Waals surface area (Å²) in [7, 11) is 1.60. The number of ether oxygens (including phenoxy) is 1. The molecule has 0 saturated heterocycles. The van der Waals surface area contributed by atoms with Crippen LogP contribution in [0.5, 0.6) is 5.75 Å². The molecule has 0 saturated carbocycles. The van der Waals surface area contributed by atoms with E-state index in [-0.39, 0.29) is 11.6 Å².